The van der Waals surface area contributed by atoms with Crippen molar-refractivity contribution in [1.29, 1.82) is 0 Å². The number of hydrogen-bond acceptors (Lipinski definition) is 4. The Balaban J connectivity index is 1.70. The van der Waals surface area contributed by atoms with Crippen molar-refractivity contribution in [3.63, 3.8) is 0 Å². The number of amides is 2. The van der Waals surface area contributed by atoms with E-state index in [2.05, 4.69) is 10.3 Å². The van der Waals surface area contributed by atoms with Gasteiger partial charge in [-0.25, -0.2) is 4.98 Å². The molecule has 0 atom stereocenters. The first-order chi connectivity index (χ1) is 13.7. The molecule has 10 heteroatoms. The van der Waals surface area contributed by atoms with E-state index < -0.39 is 18.6 Å². The Morgan fingerprint density at radius 2 is 1.83 bits per heavy atom. The van der Waals surface area contributed by atoms with Crippen LogP contribution in [0.4, 0.5) is 18.9 Å². The SMILES string of the molecule is Cc1cc(C(=O)Nc2ccc(C(=O)NCC(F)(F)F)cc2)c(C)n1-c1nccs1. The maximum Gasteiger partial charge on any atom is 0.405 e. The van der Waals surface area contributed by atoms with Crippen LogP contribution in [0, 0.1) is 13.8 Å². The van der Waals surface area contributed by atoms with Gasteiger partial charge in [-0.3, -0.25) is 14.2 Å². The van der Waals surface area contributed by atoms with Crippen molar-refractivity contribution in [2.24, 2.45) is 0 Å². The summed E-state index contributed by atoms with van der Waals surface area (Å²) in [5.74, 6) is -1.18. The third-order valence-corrected chi connectivity index (χ3v) is 4.90. The maximum absolute atomic E-state index is 12.7. The predicted octanol–water partition coefficient (Wildman–Crippen LogP) is 4.10. The minimum absolute atomic E-state index is 0.0641. The first-order valence-electron chi connectivity index (χ1n) is 8.51. The van der Waals surface area contributed by atoms with Gasteiger partial charge in [0, 0.05) is 34.2 Å². The van der Waals surface area contributed by atoms with Gasteiger partial charge in [0.05, 0.1) is 5.56 Å². The van der Waals surface area contributed by atoms with E-state index in [0.717, 1.165) is 16.5 Å². The fourth-order valence-corrected chi connectivity index (χ4v) is 3.55. The summed E-state index contributed by atoms with van der Waals surface area (Å²) in [6.07, 6.45) is -2.79. The van der Waals surface area contributed by atoms with Crippen LogP contribution in [-0.4, -0.2) is 34.1 Å². The third kappa shape index (κ3) is 4.83. The van der Waals surface area contributed by atoms with Gasteiger partial charge in [0.2, 0.25) is 0 Å². The Labute approximate surface area is 168 Å². The Bertz CT molecular complexity index is 1030. The molecule has 0 aliphatic heterocycles. The number of nitrogens with one attached hydrogen (secondary N) is 2. The Morgan fingerprint density at radius 3 is 2.41 bits per heavy atom. The van der Waals surface area contributed by atoms with E-state index in [1.807, 2.05) is 23.8 Å². The molecule has 3 rings (SSSR count). The fraction of sp³-hybridized carbons (Fsp3) is 0.211. The molecule has 0 aliphatic carbocycles. The van der Waals surface area contributed by atoms with Gasteiger partial charge in [0.15, 0.2) is 5.13 Å². The second-order valence-corrected chi connectivity index (χ2v) is 7.14. The minimum atomic E-state index is -4.48. The molecule has 0 spiro atoms. The standard InChI is InChI=1S/C19H17F3N4O2S/c1-11-9-15(12(2)26(11)18-23-7-8-29-18)17(28)25-14-5-3-13(4-6-14)16(27)24-10-19(20,21)22/h3-9H,10H2,1-2H3,(H,24,27)(H,25,28). The molecule has 0 fully saturated rings. The summed E-state index contributed by atoms with van der Waals surface area (Å²) >= 11 is 1.45. The number of nitrogens with zero attached hydrogens (tertiary/aromatic N) is 2. The number of carbonyl (C=O) groups is 2. The molecule has 1 aromatic carbocycles. The van der Waals surface area contributed by atoms with E-state index in [4.69, 9.17) is 0 Å². The third-order valence-electron chi connectivity index (χ3n) is 4.14. The highest BCUT2D eigenvalue weighted by Gasteiger charge is 2.27. The zero-order chi connectivity index (χ0) is 21.2. The highest BCUT2D eigenvalue weighted by atomic mass is 32.1. The van der Waals surface area contributed by atoms with Crippen molar-refractivity contribution in [1.82, 2.24) is 14.9 Å². The number of halogens is 3. The highest BCUT2D eigenvalue weighted by molar-refractivity contribution is 7.12. The zero-order valence-corrected chi connectivity index (χ0v) is 16.3. The molecule has 0 unspecified atom stereocenters. The Hall–Kier alpha value is -3.14. The van der Waals surface area contributed by atoms with Gasteiger partial charge in [-0.2, -0.15) is 13.2 Å². The van der Waals surface area contributed by atoms with Gasteiger partial charge in [-0.05, 0) is 44.2 Å². The topological polar surface area (TPSA) is 76.0 Å². The second-order valence-electron chi connectivity index (χ2n) is 6.26. The molecule has 152 valence electrons. The van der Waals surface area contributed by atoms with Crippen molar-refractivity contribution < 1.29 is 22.8 Å². The van der Waals surface area contributed by atoms with Crippen LogP contribution in [0.3, 0.4) is 0 Å². The van der Waals surface area contributed by atoms with E-state index in [1.54, 1.807) is 17.6 Å². The lowest BCUT2D eigenvalue weighted by atomic mass is 10.1. The number of aryl methyl sites for hydroxylation is 1. The monoisotopic (exact) mass is 422 g/mol. The van der Waals surface area contributed by atoms with Crippen molar-refractivity contribution >= 4 is 28.8 Å². The van der Waals surface area contributed by atoms with Crippen LogP contribution >= 0.6 is 11.3 Å². The molecule has 29 heavy (non-hydrogen) atoms. The number of carbonyl (C=O) groups excluding carboxylic acids is 2. The number of benzene rings is 1. The van der Waals surface area contributed by atoms with Gasteiger partial charge in [-0.1, -0.05) is 0 Å². The average molecular weight is 422 g/mol. The van der Waals surface area contributed by atoms with Crippen LogP contribution in [0.5, 0.6) is 0 Å². The predicted molar refractivity (Wildman–Crippen MR) is 104 cm³/mol. The van der Waals surface area contributed by atoms with Gasteiger partial charge < -0.3 is 10.6 Å². The average Bonchev–Trinajstić information content (AvgIpc) is 3.27. The second kappa shape index (κ2) is 8.08. The molecular formula is C19H17F3N4O2S. The number of alkyl halides is 3. The van der Waals surface area contributed by atoms with E-state index in [0.29, 0.717) is 11.3 Å². The molecule has 6 nitrogen and oxygen atoms in total. The molecule has 0 radical (unpaired) electrons. The number of hydrogen-bond donors (Lipinski definition) is 2. The molecule has 0 aliphatic rings. The maximum atomic E-state index is 12.7. The number of aromatic nitrogens is 2. The van der Waals surface area contributed by atoms with Crippen LogP contribution < -0.4 is 10.6 Å². The van der Waals surface area contributed by atoms with Crippen molar-refractivity contribution in [3.05, 3.63) is 64.4 Å². The molecule has 0 saturated carbocycles. The van der Waals surface area contributed by atoms with Gasteiger partial charge in [0.25, 0.3) is 11.8 Å². The van der Waals surface area contributed by atoms with Crippen LogP contribution in [0.1, 0.15) is 32.1 Å². The molecule has 0 saturated heterocycles. The molecule has 3 aromatic rings. The molecular weight excluding hydrogens is 405 g/mol. The minimum Gasteiger partial charge on any atom is -0.343 e. The summed E-state index contributed by atoms with van der Waals surface area (Å²) in [6, 6.07) is 7.37. The summed E-state index contributed by atoms with van der Waals surface area (Å²) in [5.41, 5.74) is 2.55. The molecule has 0 bridgehead atoms. The summed E-state index contributed by atoms with van der Waals surface area (Å²) in [7, 11) is 0. The van der Waals surface area contributed by atoms with Crippen LogP contribution in [-0.2, 0) is 0 Å². The Morgan fingerprint density at radius 1 is 1.14 bits per heavy atom. The normalized spacial score (nSPS) is 11.3. The van der Waals surface area contributed by atoms with E-state index in [9.17, 15) is 22.8 Å². The zero-order valence-electron chi connectivity index (χ0n) is 15.5. The van der Waals surface area contributed by atoms with E-state index in [1.165, 1.54) is 35.6 Å². The smallest absolute Gasteiger partial charge is 0.343 e. The number of rotatable bonds is 5. The molecule has 2 N–H and O–H groups in total. The summed E-state index contributed by atoms with van der Waals surface area (Å²) in [4.78, 5) is 28.7. The summed E-state index contributed by atoms with van der Waals surface area (Å²) in [5, 5.41) is 7.13. The van der Waals surface area contributed by atoms with Crippen LogP contribution in [0.2, 0.25) is 0 Å². The lowest BCUT2D eigenvalue weighted by Gasteiger charge is -2.09. The number of anilines is 1. The van der Waals surface area contributed by atoms with Gasteiger partial charge in [-0.15, -0.1) is 11.3 Å². The highest BCUT2D eigenvalue weighted by Crippen LogP contribution is 2.23. The summed E-state index contributed by atoms with van der Waals surface area (Å²) in [6.45, 7) is 2.29. The van der Waals surface area contributed by atoms with Gasteiger partial charge in [0.1, 0.15) is 6.54 Å². The number of thiazole rings is 1. The van der Waals surface area contributed by atoms with Crippen molar-refractivity contribution in [2.45, 2.75) is 20.0 Å². The van der Waals surface area contributed by atoms with E-state index >= 15 is 0 Å². The fourth-order valence-electron chi connectivity index (χ4n) is 2.80. The lowest BCUT2D eigenvalue weighted by Crippen LogP contribution is -2.33. The van der Waals surface area contributed by atoms with E-state index in [-0.39, 0.29) is 11.5 Å². The molecule has 2 heterocycles. The molecule has 2 aromatic heterocycles. The van der Waals surface area contributed by atoms with Crippen LogP contribution in [0.25, 0.3) is 5.13 Å². The van der Waals surface area contributed by atoms with Gasteiger partial charge >= 0.3 is 6.18 Å². The van der Waals surface area contributed by atoms with Crippen molar-refractivity contribution in [3.8, 4) is 5.13 Å². The summed E-state index contributed by atoms with van der Waals surface area (Å²) < 4.78 is 38.4. The quantitative estimate of drug-likeness (QED) is 0.650. The van der Waals surface area contributed by atoms with Crippen LogP contribution in [0.15, 0.2) is 41.9 Å². The van der Waals surface area contributed by atoms with Crippen molar-refractivity contribution in [2.75, 3.05) is 11.9 Å². The molecule has 2 amide bonds. The first-order valence-corrected chi connectivity index (χ1v) is 9.39. The first kappa shape index (κ1) is 20.6. The lowest BCUT2D eigenvalue weighted by molar-refractivity contribution is -0.123. The largest absolute Gasteiger partial charge is 0.405 e. The Kier molecular flexibility index (Phi) is 5.73.